The Bertz CT molecular complexity index is 973. The van der Waals surface area contributed by atoms with Crippen molar-refractivity contribution in [3.63, 3.8) is 0 Å². The Labute approximate surface area is 183 Å². The van der Waals surface area contributed by atoms with Gasteiger partial charge in [0.1, 0.15) is 11.4 Å². The van der Waals surface area contributed by atoms with Crippen molar-refractivity contribution in [3.8, 4) is 5.75 Å². The first-order valence-corrected chi connectivity index (χ1v) is 10.7. The highest BCUT2D eigenvalue weighted by Crippen LogP contribution is 2.31. The fraction of sp³-hybridized carbons (Fsp3) is 0.320. The lowest BCUT2D eigenvalue weighted by atomic mass is 9.87. The molecule has 31 heavy (non-hydrogen) atoms. The fourth-order valence-electron chi connectivity index (χ4n) is 4.18. The third-order valence-corrected chi connectivity index (χ3v) is 5.83. The van der Waals surface area contributed by atoms with Crippen molar-refractivity contribution in [3.05, 3.63) is 90.0 Å². The van der Waals surface area contributed by atoms with Crippen LogP contribution in [0.1, 0.15) is 40.6 Å². The van der Waals surface area contributed by atoms with E-state index in [0.717, 1.165) is 43.9 Å². The Morgan fingerprint density at radius 3 is 2.52 bits per heavy atom. The second-order valence-electron chi connectivity index (χ2n) is 7.89. The van der Waals surface area contributed by atoms with Crippen LogP contribution >= 0.6 is 0 Å². The molecule has 3 aromatic rings. The number of amides is 1. The molecule has 0 radical (unpaired) electrons. The molecule has 1 atom stereocenters. The van der Waals surface area contributed by atoms with Crippen molar-refractivity contribution in [1.29, 1.82) is 0 Å². The van der Waals surface area contributed by atoms with Gasteiger partial charge in [-0.1, -0.05) is 24.3 Å². The maximum atomic E-state index is 12.8. The summed E-state index contributed by atoms with van der Waals surface area (Å²) in [6.45, 7) is 2.85. The molecule has 1 saturated heterocycles. The molecule has 1 N–H and O–H groups in total. The van der Waals surface area contributed by atoms with Crippen LogP contribution in [0.15, 0.2) is 73.1 Å². The van der Waals surface area contributed by atoms with Gasteiger partial charge in [0.05, 0.1) is 18.8 Å². The summed E-state index contributed by atoms with van der Waals surface area (Å²) in [5.41, 5.74) is 2.58. The first-order chi connectivity index (χ1) is 15.2. The molecule has 3 heterocycles. The number of aromatic nitrogens is 2. The summed E-state index contributed by atoms with van der Waals surface area (Å²) in [6, 6.07) is 19.3. The second-order valence-corrected chi connectivity index (χ2v) is 7.89. The molecule has 4 rings (SSSR count). The lowest BCUT2D eigenvalue weighted by Gasteiger charge is -2.36. The van der Waals surface area contributed by atoms with Crippen molar-refractivity contribution in [2.24, 2.45) is 5.92 Å². The smallest absolute Gasteiger partial charge is 0.270 e. The monoisotopic (exact) mass is 416 g/mol. The van der Waals surface area contributed by atoms with Crippen LogP contribution in [-0.2, 0) is 6.54 Å². The molecule has 0 spiro atoms. The van der Waals surface area contributed by atoms with Gasteiger partial charge in [-0.2, -0.15) is 0 Å². The third-order valence-electron chi connectivity index (χ3n) is 5.83. The number of carbonyl (C=O) groups is 1. The zero-order valence-corrected chi connectivity index (χ0v) is 17.8. The van der Waals surface area contributed by atoms with E-state index in [4.69, 9.17) is 4.74 Å². The third kappa shape index (κ3) is 5.47. The highest BCUT2D eigenvalue weighted by atomic mass is 16.5. The normalized spacial score (nSPS) is 15.9. The van der Waals surface area contributed by atoms with Crippen LogP contribution in [0.5, 0.6) is 5.75 Å². The summed E-state index contributed by atoms with van der Waals surface area (Å²) in [7, 11) is 1.70. The van der Waals surface area contributed by atoms with E-state index in [9.17, 15) is 4.79 Å². The van der Waals surface area contributed by atoms with Gasteiger partial charge in [-0.3, -0.25) is 19.7 Å². The zero-order chi connectivity index (χ0) is 21.5. The number of likely N-dealkylation sites (tertiary alicyclic amines) is 1. The second kappa shape index (κ2) is 10.2. The number of benzene rings is 1. The number of piperidine rings is 1. The standard InChI is InChI=1S/C25H28N4O2/c1-31-21-8-6-7-19(17-21)18-29-15-11-20(12-16-29)24(22-9-2-4-13-26-22)28-25(30)23-10-3-5-14-27-23/h2-10,13-14,17,20,24H,11-12,15-16,18H2,1H3,(H,28,30)/t24-/m1/s1. The van der Waals surface area contributed by atoms with Gasteiger partial charge in [-0.15, -0.1) is 0 Å². The molecule has 0 aliphatic carbocycles. The van der Waals surface area contributed by atoms with Gasteiger partial charge >= 0.3 is 0 Å². The SMILES string of the molecule is COc1cccc(CN2CCC([C@@H](NC(=O)c3ccccn3)c3ccccn3)CC2)c1. The highest BCUT2D eigenvalue weighted by Gasteiger charge is 2.30. The van der Waals surface area contributed by atoms with Crippen LogP contribution < -0.4 is 10.1 Å². The van der Waals surface area contributed by atoms with Gasteiger partial charge in [0.25, 0.3) is 5.91 Å². The van der Waals surface area contributed by atoms with Crippen molar-refractivity contribution < 1.29 is 9.53 Å². The predicted molar refractivity (Wildman–Crippen MR) is 120 cm³/mol. The molecule has 6 nitrogen and oxygen atoms in total. The number of nitrogens with zero attached hydrogens (tertiary/aromatic N) is 3. The molecule has 6 heteroatoms. The van der Waals surface area contributed by atoms with E-state index >= 15 is 0 Å². The van der Waals surface area contributed by atoms with Gasteiger partial charge in [0.15, 0.2) is 0 Å². The average molecular weight is 417 g/mol. The molecule has 0 bridgehead atoms. The Morgan fingerprint density at radius 1 is 1.06 bits per heavy atom. The number of hydrogen-bond donors (Lipinski definition) is 1. The molecule has 1 aromatic carbocycles. The molecule has 160 valence electrons. The van der Waals surface area contributed by atoms with Crippen molar-refractivity contribution in [2.45, 2.75) is 25.4 Å². The molecule has 1 aliphatic heterocycles. The van der Waals surface area contributed by atoms with E-state index in [1.54, 1.807) is 25.6 Å². The molecule has 2 aromatic heterocycles. The number of carbonyl (C=O) groups excluding carboxylic acids is 1. The van der Waals surface area contributed by atoms with Crippen LogP contribution in [0.2, 0.25) is 0 Å². The average Bonchev–Trinajstić information content (AvgIpc) is 2.84. The van der Waals surface area contributed by atoms with Crippen molar-refractivity contribution in [2.75, 3.05) is 20.2 Å². The highest BCUT2D eigenvalue weighted by molar-refractivity contribution is 5.92. The van der Waals surface area contributed by atoms with Crippen molar-refractivity contribution >= 4 is 5.91 Å². The van der Waals surface area contributed by atoms with Gasteiger partial charge < -0.3 is 10.1 Å². The van der Waals surface area contributed by atoms with E-state index in [-0.39, 0.29) is 11.9 Å². The molecule has 0 saturated carbocycles. The molecular weight excluding hydrogens is 388 g/mol. The topological polar surface area (TPSA) is 67.3 Å². The van der Waals surface area contributed by atoms with Gasteiger partial charge in [-0.25, -0.2) is 0 Å². The summed E-state index contributed by atoms with van der Waals surface area (Å²) in [5.74, 6) is 1.05. The minimum Gasteiger partial charge on any atom is -0.497 e. The van der Waals surface area contributed by atoms with Crippen LogP contribution in [0, 0.1) is 5.92 Å². The molecule has 1 amide bonds. The van der Waals surface area contributed by atoms with E-state index in [1.165, 1.54) is 5.56 Å². The summed E-state index contributed by atoms with van der Waals surface area (Å²) in [5, 5.41) is 3.20. The van der Waals surface area contributed by atoms with Crippen LogP contribution in [0.25, 0.3) is 0 Å². The van der Waals surface area contributed by atoms with Crippen LogP contribution in [0.4, 0.5) is 0 Å². The van der Waals surface area contributed by atoms with E-state index in [1.807, 2.05) is 42.5 Å². The van der Waals surface area contributed by atoms with Gasteiger partial charge in [0, 0.05) is 18.9 Å². The van der Waals surface area contributed by atoms with E-state index in [0.29, 0.717) is 11.6 Å². The molecule has 1 fully saturated rings. The summed E-state index contributed by atoms with van der Waals surface area (Å²) in [6.07, 6.45) is 5.41. The van der Waals surface area contributed by atoms with Gasteiger partial charge in [-0.05, 0) is 73.8 Å². The Morgan fingerprint density at radius 2 is 1.84 bits per heavy atom. The number of ether oxygens (including phenoxy) is 1. The van der Waals surface area contributed by atoms with E-state index < -0.39 is 0 Å². The van der Waals surface area contributed by atoms with Crippen molar-refractivity contribution in [1.82, 2.24) is 20.2 Å². The van der Waals surface area contributed by atoms with Gasteiger partial charge in [0.2, 0.25) is 0 Å². The summed E-state index contributed by atoms with van der Waals surface area (Å²) in [4.78, 5) is 24.0. The van der Waals surface area contributed by atoms with Crippen LogP contribution in [-0.4, -0.2) is 41.0 Å². The number of methoxy groups -OCH3 is 1. The lowest BCUT2D eigenvalue weighted by Crippen LogP contribution is -2.41. The maximum absolute atomic E-state index is 12.8. The summed E-state index contributed by atoms with van der Waals surface area (Å²) < 4.78 is 5.34. The fourth-order valence-corrected chi connectivity index (χ4v) is 4.18. The largest absolute Gasteiger partial charge is 0.497 e. The Balaban J connectivity index is 1.42. The first-order valence-electron chi connectivity index (χ1n) is 10.7. The number of hydrogen-bond acceptors (Lipinski definition) is 5. The Kier molecular flexibility index (Phi) is 6.89. The molecule has 1 aliphatic rings. The number of nitrogens with one attached hydrogen (secondary N) is 1. The Hall–Kier alpha value is -3.25. The quantitative estimate of drug-likeness (QED) is 0.633. The van der Waals surface area contributed by atoms with E-state index in [2.05, 4.69) is 32.3 Å². The zero-order valence-electron chi connectivity index (χ0n) is 17.8. The van der Waals surface area contributed by atoms with Crippen LogP contribution in [0.3, 0.4) is 0 Å². The number of rotatable bonds is 7. The minimum absolute atomic E-state index is 0.130. The minimum atomic E-state index is -0.157. The first kappa shape index (κ1) is 21.0. The number of pyridine rings is 2. The summed E-state index contributed by atoms with van der Waals surface area (Å²) >= 11 is 0. The molecular formula is C25H28N4O2. The lowest BCUT2D eigenvalue weighted by molar-refractivity contribution is 0.0883. The predicted octanol–water partition coefficient (Wildman–Crippen LogP) is 3.87. The molecule has 0 unspecified atom stereocenters. The maximum Gasteiger partial charge on any atom is 0.270 e.